The number of hydrogen-bond donors (Lipinski definition) is 1. The quantitative estimate of drug-likeness (QED) is 0.636. The highest BCUT2D eigenvalue weighted by Gasteiger charge is 2.15. The predicted octanol–water partition coefficient (Wildman–Crippen LogP) is -0.0604. The molecule has 0 radical (unpaired) electrons. The van der Waals surface area contributed by atoms with Gasteiger partial charge in [-0.25, -0.2) is 0 Å². The summed E-state index contributed by atoms with van der Waals surface area (Å²) in [6.45, 7) is 8.37. The summed E-state index contributed by atoms with van der Waals surface area (Å²) in [4.78, 5) is 15.8. The summed E-state index contributed by atoms with van der Waals surface area (Å²) in [7, 11) is 0. The first-order valence-corrected chi connectivity index (χ1v) is 6.47. The van der Waals surface area contributed by atoms with Crippen LogP contribution in [0.5, 0.6) is 0 Å². The average Bonchev–Trinajstić information content (AvgIpc) is 2.32. The first-order chi connectivity index (χ1) is 8.26. The number of esters is 1. The monoisotopic (exact) mass is 244 g/mol. The molecule has 1 aliphatic rings. The third kappa shape index (κ3) is 6.00. The number of nitrogens with zero attached hydrogens (tertiary/aromatic N) is 2. The summed E-state index contributed by atoms with van der Waals surface area (Å²) < 4.78 is 4.89. The van der Waals surface area contributed by atoms with Gasteiger partial charge >= 0.3 is 5.97 Å². The van der Waals surface area contributed by atoms with E-state index in [1.165, 1.54) is 0 Å². The van der Waals surface area contributed by atoms with Gasteiger partial charge in [-0.1, -0.05) is 0 Å². The lowest BCUT2D eigenvalue weighted by molar-refractivity contribution is -0.143. The first kappa shape index (κ1) is 14.4. The largest absolute Gasteiger partial charge is 0.466 e. The van der Waals surface area contributed by atoms with E-state index in [2.05, 4.69) is 9.80 Å². The summed E-state index contributed by atoms with van der Waals surface area (Å²) in [6.07, 6.45) is 1.39. The lowest BCUT2D eigenvalue weighted by Gasteiger charge is -2.34. The minimum Gasteiger partial charge on any atom is -0.466 e. The van der Waals surface area contributed by atoms with E-state index in [0.717, 1.165) is 45.7 Å². The highest BCUT2D eigenvalue weighted by atomic mass is 16.5. The van der Waals surface area contributed by atoms with E-state index in [9.17, 15) is 4.79 Å². The number of aliphatic hydroxyl groups excluding tert-OH is 1. The topological polar surface area (TPSA) is 53.0 Å². The summed E-state index contributed by atoms with van der Waals surface area (Å²) in [6, 6.07) is 0. The van der Waals surface area contributed by atoms with Crippen molar-refractivity contribution in [3.05, 3.63) is 0 Å². The van der Waals surface area contributed by atoms with E-state index in [-0.39, 0.29) is 12.6 Å². The molecule has 0 amide bonds. The van der Waals surface area contributed by atoms with Crippen LogP contribution in [0.4, 0.5) is 0 Å². The average molecular weight is 244 g/mol. The molecule has 5 nitrogen and oxygen atoms in total. The van der Waals surface area contributed by atoms with E-state index in [0.29, 0.717) is 13.0 Å². The second-order valence-electron chi connectivity index (χ2n) is 4.32. The molecule has 100 valence electrons. The van der Waals surface area contributed by atoms with Gasteiger partial charge in [0.05, 0.1) is 13.2 Å². The zero-order chi connectivity index (χ0) is 12.5. The summed E-state index contributed by atoms with van der Waals surface area (Å²) in [5.41, 5.74) is 0. The summed E-state index contributed by atoms with van der Waals surface area (Å²) in [5.74, 6) is -0.0913. The van der Waals surface area contributed by atoms with Gasteiger partial charge < -0.3 is 14.7 Å². The van der Waals surface area contributed by atoms with Crippen LogP contribution in [0.15, 0.2) is 0 Å². The number of β-amino-alcohol motifs (C(OH)–C–C–N with tert-alkyl or cyclic N) is 1. The van der Waals surface area contributed by atoms with Crippen molar-refractivity contribution >= 4 is 5.97 Å². The molecule has 0 unspecified atom stereocenters. The van der Waals surface area contributed by atoms with Crippen molar-refractivity contribution in [2.24, 2.45) is 0 Å². The fourth-order valence-corrected chi connectivity index (χ4v) is 2.06. The fourth-order valence-electron chi connectivity index (χ4n) is 2.06. The van der Waals surface area contributed by atoms with Crippen molar-refractivity contribution in [2.45, 2.75) is 19.8 Å². The Morgan fingerprint density at radius 2 is 1.76 bits per heavy atom. The third-order valence-electron chi connectivity index (χ3n) is 3.04. The molecule has 0 bridgehead atoms. The molecule has 17 heavy (non-hydrogen) atoms. The number of ether oxygens (including phenoxy) is 1. The van der Waals surface area contributed by atoms with Crippen molar-refractivity contribution in [3.63, 3.8) is 0 Å². The molecular formula is C12H24N2O3. The molecule has 0 spiro atoms. The van der Waals surface area contributed by atoms with Gasteiger partial charge in [-0.05, 0) is 19.9 Å². The Morgan fingerprint density at radius 3 is 2.29 bits per heavy atom. The van der Waals surface area contributed by atoms with Crippen LogP contribution in [-0.2, 0) is 9.53 Å². The van der Waals surface area contributed by atoms with Crippen LogP contribution in [0.3, 0.4) is 0 Å². The van der Waals surface area contributed by atoms with E-state index < -0.39 is 0 Å². The van der Waals surface area contributed by atoms with Crippen LogP contribution >= 0.6 is 0 Å². The highest BCUT2D eigenvalue weighted by molar-refractivity contribution is 5.69. The maximum atomic E-state index is 11.1. The van der Waals surface area contributed by atoms with Gasteiger partial charge in [0.15, 0.2) is 0 Å². The Bertz CT molecular complexity index is 216. The zero-order valence-electron chi connectivity index (χ0n) is 10.7. The summed E-state index contributed by atoms with van der Waals surface area (Å²) in [5, 5.41) is 8.83. The molecule has 0 atom stereocenters. The standard InChI is InChI=1S/C12H24N2O3/c1-2-17-12(16)4-3-5-13-6-8-14(9-7-13)10-11-15/h15H,2-11H2,1H3. The van der Waals surface area contributed by atoms with Crippen molar-refractivity contribution in [1.29, 1.82) is 0 Å². The van der Waals surface area contributed by atoms with E-state index in [1.54, 1.807) is 0 Å². The van der Waals surface area contributed by atoms with Gasteiger partial charge in [0.25, 0.3) is 0 Å². The Labute approximate surface area is 103 Å². The molecule has 1 heterocycles. The van der Waals surface area contributed by atoms with Crippen LogP contribution < -0.4 is 0 Å². The molecule has 0 aromatic rings. The van der Waals surface area contributed by atoms with Crippen molar-refractivity contribution in [1.82, 2.24) is 9.80 Å². The van der Waals surface area contributed by atoms with Crippen LogP contribution in [0.25, 0.3) is 0 Å². The Morgan fingerprint density at radius 1 is 1.18 bits per heavy atom. The highest BCUT2D eigenvalue weighted by Crippen LogP contribution is 2.03. The fraction of sp³-hybridized carbons (Fsp3) is 0.917. The van der Waals surface area contributed by atoms with Crippen LogP contribution in [0.1, 0.15) is 19.8 Å². The van der Waals surface area contributed by atoms with Crippen LogP contribution in [-0.4, -0.2) is 73.4 Å². The van der Waals surface area contributed by atoms with E-state index in [4.69, 9.17) is 9.84 Å². The van der Waals surface area contributed by atoms with Crippen LogP contribution in [0, 0.1) is 0 Å². The number of carbonyl (C=O) groups excluding carboxylic acids is 1. The lowest BCUT2D eigenvalue weighted by Crippen LogP contribution is -2.47. The van der Waals surface area contributed by atoms with Gasteiger partial charge in [0, 0.05) is 39.1 Å². The molecule has 1 aliphatic heterocycles. The Hall–Kier alpha value is -0.650. The van der Waals surface area contributed by atoms with Crippen LogP contribution in [0.2, 0.25) is 0 Å². The smallest absolute Gasteiger partial charge is 0.305 e. The normalized spacial score (nSPS) is 18.2. The molecule has 0 aromatic carbocycles. The third-order valence-corrected chi connectivity index (χ3v) is 3.04. The van der Waals surface area contributed by atoms with Crippen molar-refractivity contribution in [3.8, 4) is 0 Å². The molecule has 1 saturated heterocycles. The molecule has 0 aromatic heterocycles. The second-order valence-corrected chi connectivity index (χ2v) is 4.32. The second kappa shape index (κ2) is 8.44. The number of aliphatic hydroxyl groups is 1. The molecular weight excluding hydrogens is 220 g/mol. The van der Waals surface area contributed by atoms with Gasteiger partial charge in [-0.15, -0.1) is 0 Å². The maximum Gasteiger partial charge on any atom is 0.305 e. The van der Waals surface area contributed by atoms with Gasteiger partial charge in [0.1, 0.15) is 0 Å². The maximum absolute atomic E-state index is 11.1. The first-order valence-electron chi connectivity index (χ1n) is 6.47. The Kier molecular flexibility index (Phi) is 7.16. The van der Waals surface area contributed by atoms with Crippen molar-refractivity contribution < 1.29 is 14.6 Å². The molecule has 0 aliphatic carbocycles. The number of rotatable bonds is 7. The van der Waals surface area contributed by atoms with Gasteiger partial charge in [0.2, 0.25) is 0 Å². The predicted molar refractivity (Wildman–Crippen MR) is 65.8 cm³/mol. The molecule has 1 N–H and O–H groups in total. The van der Waals surface area contributed by atoms with E-state index in [1.807, 2.05) is 6.92 Å². The van der Waals surface area contributed by atoms with Gasteiger partial charge in [-0.3, -0.25) is 9.69 Å². The van der Waals surface area contributed by atoms with E-state index >= 15 is 0 Å². The number of carbonyl (C=O) groups is 1. The molecule has 1 rings (SSSR count). The minimum atomic E-state index is -0.0913. The zero-order valence-corrected chi connectivity index (χ0v) is 10.7. The number of hydrogen-bond acceptors (Lipinski definition) is 5. The molecule has 5 heteroatoms. The summed E-state index contributed by atoms with van der Waals surface area (Å²) >= 11 is 0. The minimum absolute atomic E-state index is 0.0913. The Balaban J connectivity index is 2.04. The molecule has 1 fully saturated rings. The lowest BCUT2D eigenvalue weighted by atomic mass is 10.2. The number of piperazine rings is 1. The van der Waals surface area contributed by atoms with Gasteiger partial charge in [-0.2, -0.15) is 0 Å². The SMILES string of the molecule is CCOC(=O)CCCN1CCN(CCO)CC1. The van der Waals surface area contributed by atoms with Crippen molar-refractivity contribution in [2.75, 3.05) is 52.5 Å². The molecule has 0 saturated carbocycles.